The summed E-state index contributed by atoms with van der Waals surface area (Å²) in [5.41, 5.74) is -8.87. The standard InChI is InChI=1S/C15H12F6N2O4/c1-7-10(13(26,12(25)27-2)15(19,20)21)11(24)23(22-7)9-5-3-8(4-6-9)14(16,17)18/h3-6,22,26H,1-2H3. The molecule has 0 aliphatic rings. The van der Waals surface area contributed by atoms with Crippen LogP contribution in [0.15, 0.2) is 29.1 Å². The number of nitrogens with zero attached hydrogens (tertiary/aromatic N) is 1. The molecule has 0 aliphatic carbocycles. The van der Waals surface area contributed by atoms with Gasteiger partial charge in [-0.05, 0) is 31.2 Å². The highest BCUT2D eigenvalue weighted by Gasteiger charge is 2.64. The van der Waals surface area contributed by atoms with E-state index in [4.69, 9.17) is 0 Å². The van der Waals surface area contributed by atoms with Gasteiger partial charge in [0.05, 0.1) is 23.9 Å². The van der Waals surface area contributed by atoms with E-state index in [0.717, 1.165) is 19.1 Å². The normalized spacial score (nSPS) is 14.7. The monoisotopic (exact) mass is 398 g/mol. The SMILES string of the molecule is COC(=O)C(O)(c1c(C)[nH]n(-c2ccc(C(F)(F)F)cc2)c1=O)C(F)(F)F. The first kappa shape index (κ1) is 20.6. The highest BCUT2D eigenvalue weighted by Crippen LogP contribution is 2.40. The van der Waals surface area contributed by atoms with Gasteiger partial charge in [-0.25, -0.2) is 9.48 Å². The number of alkyl halides is 6. The van der Waals surface area contributed by atoms with E-state index in [1.165, 1.54) is 0 Å². The second-order valence-electron chi connectivity index (χ2n) is 5.50. The summed E-state index contributed by atoms with van der Waals surface area (Å²) in [6.45, 7) is 0.983. The van der Waals surface area contributed by atoms with Gasteiger partial charge in [0.25, 0.3) is 11.2 Å². The smallest absolute Gasteiger partial charge is 0.432 e. The lowest BCUT2D eigenvalue weighted by Crippen LogP contribution is -2.52. The Hall–Kier alpha value is -2.76. The van der Waals surface area contributed by atoms with Crippen molar-refractivity contribution in [3.05, 3.63) is 51.4 Å². The van der Waals surface area contributed by atoms with Crippen LogP contribution in [0.25, 0.3) is 5.69 Å². The number of nitrogens with one attached hydrogen (secondary N) is 1. The Morgan fingerprint density at radius 3 is 2.04 bits per heavy atom. The first-order chi connectivity index (χ1) is 12.2. The summed E-state index contributed by atoms with van der Waals surface area (Å²) >= 11 is 0. The zero-order valence-corrected chi connectivity index (χ0v) is 13.7. The Balaban J connectivity index is 2.67. The number of H-pyrrole nitrogens is 1. The van der Waals surface area contributed by atoms with E-state index < -0.39 is 46.3 Å². The highest BCUT2D eigenvalue weighted by molar-refractivity contribution is 5.82. The van der Waals surface area contributed by atoms with Gasteiger partial charge in [0, 0.05) is 5.69 Å². The van der Waals surface area contributed by atoms with Crippen molar-refractivity contribution < 1.29 is 41.0 Å². The molecule has 1 atom stereocenters. The lowest BCUT2D eigenvalue weighted by atomic mass is 9.93. The molecule has 0 saturated carbocycles. The van der Waals surface area contributed by atoms with Crippen molar-refractivity contribution in [2.45, 2.75) is 24.9 Å². The van der Waals surface area contributed by atoms with E-state index in [1.807, 2.05) is 0 Å². The summed E-state index contributed by atoms with van der Waals surface area (Å²) < 4.78 is 82.3. The predicted molar refractivity (Wildman–Crippen MR) is 78.1 cm³/mol. The molecule has 148 valence electrons. The topological polar surface area (TPSA) is 84.3 Å². The average Bonchev–Trinajstić information content (AvgIpc) is 2.86. The van der Waals surface area contributed by atoms with Crippen LogP contribution >= 0.6 is 0 Å². The number of aryl methyl sites for hydroxylation is 1. The largest absolute Gasteiger partial charge is 0.466 e. The second kappa shape index (κ2) is 6.44. The number of aromatic nitrogens is 2. The summed E-state index contributed by atoms with van der Waals surface area (Å²) in [6, 6.07) is 2.92. The van der Waals surface area contributed by atoms with Gasteiger partial charge >= 0.3 is 18.3 Å². The van der Waals surface area contributed by atoms with Crippen molar-refractivity contribution in [2.75, 3.05) is 7.11 Å². The number of ether oxygens (including phenoxy) is 1. The molecular formula is C15H12F6N2O4. The number of hydrogen-bond donors (Lipinski definition) is 2. The van der Waals surface area contributed by atoms with Crippen LogP contribution in [0.2, 0.25) is 0 Å². The van der Waals surface area contributed by atoms with Gasteiger partial charge in [0.15, 0.2) is 0 Å². The van der Waals surface area contributed by atoms with E-state index in [9.17, 15) is 41.0 Å². The molecule has 0 radical (unpaired) electrons. The third-order valence-electron chi connectivity index (χ3n) is 3.78. The number of aliphatic hydroxyl groups is 1. The van der Waals surface area contributed by atoms with Crippen LogP contribution in [0.3, 0.4) is 0 Å². The molecule has 6 nitrogen and oxygen atoms in total. The van der Waals surface area contributed by atoms with E-state index in [-0.39, 0.29) is 5.69 Å². The number of rotatable bonds is 3. The van der Waals surface area contributed by atoms with Crippen LogP contribution in [0, 0.1) is 6.92 Å². The number of carbonyl (C=O) groups excluding carboxylic acids is 1. The average molecular weight is 398 g/mol. The summed E-state index contributed by atoms with van der Waals surface area (Å²) in [5, 5.41) is 12.2. The maximum atomic E-state index is 13.3. The highest BCUT2D eigenvalue weighted by atomic mass is 19.4. The molecule has 0 aliphatic heterocycles. The van der Waals surface area contributed by atoms with Crippen LogP contribution in [-0.2, 0) is 21.3 Å². The van der Waals surface area contributed by atoms with E-state index in [0.29, 0.717) is 23.9 Å². The molecule has 2 N–H and O–H groups in total. The zero-order chi connectivity index (χ0) is 20.8. The maximum Gasteiger partial charge on any atom is 0.432 e. The minimum absolute atomic E-state index is 0.239. The van der Waals surface area contributed by atoms with Gasteiger partial charge < -0.3 is 9.84 Å². The number of esters is 1. The Bertz CT molecular complexity index is 910. The van der Waals surface area contributed by atoms with Gasteiger partial charge in [-0.15, -0.1) is 0 Å². The number of methoxy groups -OCH3 is 1. The third-order valence-corrected chi connectivity index (χ3v) is 3.78. The molecular weight excluding hydrogens is 386 g/mol. The first-order valence-corrected chi connectivity index (χ1v) is 7.12. The van der Waals surface area contributed by atoms with Gasteiger partial charge in [-0.2, -0.15) is 26.3 Å². The Kier molecular flexibility index (Phi) is 4.90. The van der Waals surface area contributed by atoms with Crippen molar-refractivity contribution >= 4 is 5.97 Å². The Morgan fingerprint density at radius 1 is 1.11 bits per heavy atom. The second-order valence-corrected chi connectivity index (χ2v) is 5.50. The van der Waals surface area contributed by atoms with E-state index in [2.05, 4.69) is 9.84 Å². The molecule has 1 unspecified atom stereocenters. The fourth-order valence-corrected chi connectivity index (χ4v) is 2.46. The molecule has 0 fully saturated rings. The van der Waals surface area contributed by atoms with Crippen LogP contribution in [-0.4, -0.2) is 34.1 Å². The van der Waals surface area contributed by atoms with Crippen LogP contribution in [0.1, 0.15) is 16.8 Å². The molecule has 0 amide bonds. The summed E-state index contributed by atoms with van der Waals surface area (Å²) in [4.78, 5) is 24.0. The number of carbonyl (C=O) groups is 1. The van der Waals surface area contributed by atoms with Crippen LogP contribution in [0.4, 0.5) is 26.3 Å². The summed E-state index contributed by atoms with van der Waals surface area (Å²) in [7, 11) is 0.593. The predicted octanol–water partition coefficient (Wildman–Crippen LogP) is 2.42. The van der Waals surface area contributed by atoms with E-state index >= 15 is 0 Å². The molecule has 12 heteroatoms. The zero-order valence-electron chi connectivity index (χ0n) is 13.7. The number of benzene rings is 1. The molecule has 1 aromatic heterocycles. The fourth-order valence-electron chi connectivity index (χ4n) is 2.46. The number of halogens is 6. The molecule has 0 spiro atoms. The molecule has 1 aromatic carbocycles. The molecule has 2 aromatic rings. The lowest BCUT2D eigenvalue weighted by molar-refractivity contribution is -0.267. The Morgan fingerprint density at radius 2 is 1.63 bits per heavy atom. The van der Waals surface area contributed by atoms with Crippen molar-refractivity contribution in [2.24, 2.45) is 0 Å². The minimum atomic E-state index is -5.59. The molecule has 0 bridgehead atoms. The maximum absolute atomic E-state index is 13.3. The van der Waals surface area contributed by atoms with Crippen molar-refractivity contribution in [1.29, 1.82) is 0 Å². The molecule has 1 heterocycles. The first-order valence-electron chi connectivity index (χ1n) is 7.12. The van der Waals surface area contributed by atoms with Gasteiger partial charge in [-0.1, -0.05) is 0 Å². The van der Waals surface area contributed by atoms with Gasteiger partial charge in [0.2, 0.25) is 0 Å². The molecule has 27 heavy (non-hydrogen) atoms. The van der Waals surface area contributed by atoms with Crippen molar-refractivity contribution in [3.63, 3.8) is 0 Å². The summed E-state index contributed by atoms with van der Waals surface area (Å²) in [5.74, 6) is -2.13. The van der Waals surface area contributed by atoms with Gasteiger partial charge in [-0.3, -0.25) is 9.89 Å². The number of aromatic amines is 1. The van der Waals surface area contributed by atoms with E-state index in [1.54, 1.807) is 0 Å². The molecule has 2 rings (SSSR count). The minimum Gasteiger partial charge on any atom is -0.466 e. The molecule has 0 saturated heterocycles. The third kappa shape index (κ3) is 3.31. The quantitative estimate of drug-likeness (QED) is 0.615. The Labute approximate surface area is 147 Å². The van der Waals surface area contributed by atoms with Crippen LogP contribution < -0.4 is 5.56 Å². The van der Waals surface area contributed by atoms with Crippen molar-refractivity contribution in [1.82, 2.24) is 9.78 Å². The summed E-state index contributed by atoms with van der Waals surface area (Å²) in [6.07, 6.45) is -10.2. The number of hydrogen-bond acceptors (Lipinski definition) is 4. The van der Waals surface area contributed by atoms with Crippen LogP contribution in [0.5, 0.6) is 0 Å². The van der Waals surface area contributed by atoms with Crippen molar-refractivity contribution in [3.8, 4) is 5.69 Å². The fraction of sp³-hybridized carbons (Fsp3) is 0.333. The van der Waals surface area contributed by atoms with Gasteiger partial charge in [0.1, 0.15) is 0 Å². The lowest BCUT2D eigenvalue weighted by Gasteiger charge is -2.26.